The van der Waals surface area contributed by atoms with Gasteiger partial charge in [-0.3, -0.25) is 0 Å². The maximum absolute atomic E-state index is 2.45. The van der Waals surface area contributed by atoms with Gasteiger partial charge in [-0.1, -0.05) is 194 Å². The van der Waals surface area contributed by atoms with Crippen molar-refractivity contribution in [3.05, 3.63) is 243 Å². The Morgan fingerprint density at radius 3 is 1.53 bits per heavy atom. The molecule has 0 radical (unpaired) electrons. The van der Waals surface area contributed by atoms with Crippen LogP contribution in [-0.2, 0) is 0 Å². The molecule has 282 valence electrons. The summed E-state index contributed by atoms with van der Waals surface area (Å²) in [5.41, 5.74) is 16.3. The standard InChI is InChI=1S/C58H40N2/c1-3-17-41(18-4-1)42-33-37-46(38-34-42)59(47-39-35-45(36-40-47)49-27-15-22-43-21-7-8-23-48(43)49)55-30-13-10-25-51(55)52-28-16-32-57-58(52)53-26-11-14-31-56(53)60(57)54-29-12-9-24-50(54)44-19-5-2-6-20-44/h1-40H. The number of aromatic nitrogens is 1. The lowest BCUT2D eigenvalue weighted by atomic mass is 9.96. The summed E-state index contributed by atoms with van der Waals surface area (Å²) >= 11 is 0. The van der Waals surface area contributed by atoms with Crippen molar-refractivity contribution in [2.24, 2.45) is 0 Å². The highest BCUT2D eigenvalue weighted by atomic mass is 15.1. The van der Waals surface area contributed by atoms with Crippen molar-refractivity contribution in [1.29, 1.82) is 0 Å². The van der Waals surface area contributed by atoms with Gasteiger partial charge in [-0.2, -0.15) is 0 Å². The normalized spacial score (nSPS) is 11.3. The summed E-state index contributed by atoms with van der Waals surface area (Å²) in [6.07, 6.45) is 0. The first-order valence-electron chi connectivity index (χ1n) is 20.6. The molecular formula is C58H40N2. The van der Waals surface area contributed by atoms with Gasteiger partial charge in [-0.25, -0.2) is 0 Å². The summed E-state index contributed by atoms with van der Waals surface area (Å²) < 4.78 is 2.45. The monoisotopic (exact) mass is 764 g/mol. The van der Waals surface area contributed by atoms with E-state index in [1.165, 1.54) is 71.5 Å². The fourth-order valence-corrected chi connectivity index (χ4v) is 9.06. The highest BCUT2D eigenvalue weighted by Crippen LogP contribution is 2.46. The Hall–Kier alpha value is -7.94. The van der Waals surface area contributed by atoms with Gasteiger partial charge in [0.2, 0.25) is 0 Å². The smallest absolute Gasteiger partial charge is 0.0547 e. The Morgan fingerprint density at radius 1 is 0.283 bits per heavy atom. The lowest BCUT2D eigenvalue weighted by Gasteiger charge is -2.28. The van der Waals surface area contributed by atoms with Gasteiger partial charge < -0.3 is 9.47 Å². The van der Waals surface area contributed by atoms with Gasteiger partial charge in [0.1, 0.15) is 0 Å². The Morgan fingerprint density at radius 2 is 0.767 bits per heavy atom. The van der Waals surface area contributed by atoms with Crippen LogP contribution in [0.25, 0.3) is 82.8 Å². The summed E-state index contributed by atoms with van der Waals surface area (Å²) in [5.74, 6) is 0. The van der Waals surface area contributed by atoms with Gasteiger partial charge in [0.15, 0.2) is 0 Å². The summed E-state index contributed by atoms with van der Waals surface area (Å²) in [4.78, 5) is 2.42. The van der Waals surface area contributed by atoms with E-state index in [0.29, 0.717) is 0 Å². The van der Waals surface area contributed by atoms with E-state index in [-0.39, 0.29) is 0 Å². The van der Waals surface area contributed by atoms with Crippen LogP contribution < -0.4 is 4.90 Å². The zero-order valence-electron chi connectivity index (χ0n) is 33.0. The van der Waals surface area contributed by atoms with Gasteiger partial charge in [0, 0.05) is 33.3 Å². The largest absolute Gasteiger partial charge is 0.310 e. The average Bonchev–Trinajstić information content (AvgIpc) is 3.67. The van der Waals surface area contributed by atoms with Crippen LogP contribution in [0.5, 0.6) is 0 Å². The van der Waals surface area contributed by atoms with Crippen molar-refractivity contribution in [3.63, 3.8) is 0 Å². The van der Waals surface area contributed by atoms with Crippen LogP contribution >= 0.6 is 0 Å². The number of hydrogen-bond acceptors (Lipinski definition) is 1. The van der Waals surface area contributed by atoms with Gasteiger partial charge in [-0.05, 0) is 92.7 Å². The lowest BCUT2D eigenvalue weighted by Crippen LogP contribution is -2.11. The molecule has 0 amide bonds. The molecule has 0 saturated carbocycles. The second-order valence-electron chi connectivity index (χ2n) is 15.3. The van der Waals surface area contributed by atoms with Crippen molar-refractivity contribution in [2.45, 2.75) is 0 Å². The fourth-order valence-electron chi connectivity index (χ4n) is 9.06. The van der Waals surface area contributed by atoms with Crippen LogP contribution in [-0.4, -0.2) is 4.57 Å². The predicted octanol–water partition coefficient (Wildman–Crippen LogP) is 16.1. The molecule has 0 atom stereocenters. The molecular weight excluding hydrogens is 725 g/mol. The minimum atomic E-state index is 1.09. The number of nitrogens with zero attached hydrogens (tertiary/aromatic N) is 2. The molecule has 0 aliphatic rings. The second kappa shape index (κ2) is 15.1. The summed E-state index contributed by atoms with van der Waals surface area (Å²) in [6, 6.07) is 87.8. The van der Waals surface area contributed by atoms with E-state index < -0.39 is 0 Å². The third kappa shape index (κ3) is 6.14. The van der Waals surface area contributed by atoms with E-state index in [2.05, 4.69) is 252 Å². The highest BCUT2D eigenvalue weighted by Gasteiger charge is 2.22. The molecule has 10 aromatic carbocycles. The molecule has 11 aromatic rings. The van der Waals surface area contributed by atoms with Crippen molar-refractivity contribution < 1.29 is 0 Å². The molecule has 0 aliphatic heterocycles. The van der Waals surface area contributed by atoms with Crippen molar-refractivity contribution in [2.75, 3.05) is 4.90 Å². The van der Waals surface area contributed by atoms with Crippen molar-refractivity contribution >= 4 is 49.6 Å². The van der Waals surface area contributed by atoms with E-state index in [1.54, 1.807) is 0 Å². The minimum absolute atomic E-state index is 1.09. The fraction of sp³-hybridized carbons (Fsp3) is 0. The quantitative estimate of drug-likeness (QED) is 0.150. The molecule has 1 heterocycles. The average molecular weight is 765 g/mol. The first-order chi connectivity index (χ1) is 29.8. The van der Waals surface area contributed by atoms with E-state index in [1.807, 2.05) is 0 Å². The Kier molecular flexibility index (Phi) is 8.87. The van der Waals surface area contributed by atoms with Crippen LogP contribution in [0.3, 0.4) is 0 Å². The van der Waals surface area contributed by atoms with Gasteiger partial charge in [0.05, 0.1) is 22.4 Å². The molecule has 0 spiro atoms. The number of hydrogen-bond donors (Lipinski definition) is 0. The number of fused-ring (bicyclic) bond motifs is 4. The van der Waals surface area contributed by atoms with Crippen LogP contribution in [0.4, 0.5) is 17.1 Å². The molecule has 11 rings (SSSR count). The summed E-state index contributed by atoms with van der Waals surface area (Å²) in [7, 11) is 0. The van der Waals surface area contributed by atoms with Crippen LogP contribution in [0.2, 0.25) is 0 Å². The number of para-hydroxylation sites is 3. The molecule has 2 heteroatoms. The Balaban J connectivity index is 1.11. The molecule has 1 aromatic heterocycles. The van der Waals surface area contributed by atoms with Crippen LogP contribution in [0.15, 0.2) is 243 Å². The SMILES string of the molecule is c1ccc(-c2ccc(N(c3ccc(-c4cccc5ccccc45)cc3)c3ccccc3-c3cccc4c3c3ccccc3n4-c3ccccc3-c3ccccc3)cc2)cc1. The maximum atomic E-state index is 2.45. The van der Waals surface area contributed by atoms with Gasteiger partial charge in [-0.15, -0.1) is 0 Å². The predicted molar refractivity (Wildman–Crippen MR) is 255 cm³/mol. The highest BCUT2D eigenvalue weighted by molar-refractivity contribution is 6.17. The number of benzene rings is 10. The topological polar surface area (TPSA) is 8.17 Å². The van der Waals surface area contributed by atoms with Crippen molar-refractivity contribution in [1.82, 2.24) is 4.57 Å². The second-order valence-corrected chi connectivity index (χ2v) is 15.3. The first-order valence-corrected chi connectivity index (χ1v) is 20.6. The van der Waals surface area contributed by atoms with E-state index in [9.17, 15) is 0 Å². The summed E-state index contributed by atoms with van der Waals surface area (Å²) in [6.45, 7) is 0. The molecule has 0 fully saturated rings. The van der Waals surface area contributed by atoms with Gasteiger partial charge >= 0.3 is 0 Å². The van der Waals surface area contributed by atoms with E-state index >= 15 is 0 Å². The van der Waals surface area contributed by atoms with E-state index in [4.69, 9.17) is 0 Å². The number of rotatable bonds is 8. The third-order valence-corrected chi connectivity index (χ3v) is 11.8. The first kappa shape index (κ1) is 35.2. The number of anilines is 3. The van der Waals surface area contributed by atoms with E-state index in [0.717, 1.165) is 28.3 Å². The van der Waals surface area contributed by atoms with Crippen molar-refractivity contribution in [3.8, 4) is 50.2 Å². The Bertz CT molecular complexity index is 3280. The minimum Gasteiger partial charge on any atom is -0.310 e. The van der Waals surface area contributed by atoms with Gasteiger partial charge in [0.25, 0.3) is 0 Å². The molecule has 2 nitrogen and oxygen atoms in total. The molecule has 0 aliphatic carbocycles. The zero-order chi connectivity index (χ0) is 39.8. The maximum Gasteiger partial charge on any atom is 0.0547 e. The molecule has 0 unspecified atom stereocenters. The Labute approximate surface area is 350 Å². The molecule has 60 heavy (non-hydrogen) atoms. The molecule has 0 bridgehead atoms. The molecule has 0 N–H and O–H groups in total. The zero-order valence-corrected chi connectivity index (χ0v) is 33.0. The third-order valence-electron chi connectivity index (χ3n) is 11.8. The van der Waals surface area contributed by atoms with Crippen LogP contribution in [0, 0.1) is 0 Å². The van der Waals surface area contributed by atoms with Crippen LogP contribution in [0.1, 0.15) is 0 Å². The summed E-state index contributed by atoms with van der Waals surface area (Å²) in [5, 5.41) is 4.95. The molecule has 0 saturated heterocycles. The lowest BCUT2D eigenvalue weighted by molar-refractivity contribution is 1.18.